The summed E-state index contributed by atoms with van der Waals surface area (Å²) in [6.45, 7) is 3.18. The number of sulfonamides is 1. The number of hydrogen-bond donors (Lipinski definition) is 1. The van der Waals surface area contributed by atoms with Crippen LogP contribution in [0.2, 0.25) is 0 Å². The molecular formula is C14H20N2O4S2. The first-order chi connectivity index (χ1) is 10.2. The van der Waals surface area contributed by atoms with Crippen molar-refractivity contribution >= 4 is 19.9 Å². The number of fused-ring (bicyclic) bond motifs is 1. The second-order valence-corrected chi connectivity index (χ2v) is 10.5. The van der Waals surface area contributed by atoms with Gasteiger partial charge >= 0.3 is 0 Å². The summed E-state index contributed by atoms with van der Waals surface area (Å²) in [5.41, 5.74) is 6.21. The van der Waals surface area contributed by atoms with Crippen LogP contribution in [0.15, 0.2) is 28.0 Å². The number of nitrogens with zero attached hydrogens (tertiary/aromatic N) is 1. The molecule has 6 nitrogen and oxygen atoms in total. The highest BCUT2D eigenvalue weighted by Crippen LogP contribution is 2.34. The van der Waals surface area contributed by atoms with Gasteiger partial charge in [-0.05, 0) is 42.5 Å². The van der Waals surface area contributed by atoms with Crippen LogP contribution in [0.1, 0.15) is 18.9 Å². The summed E-state index contributed by atoms with van der Waals surface area (Å²) in [5.74, 6) is 0.0563. The van der Waals surface area contributed by atoms with Crippen molar-refractivity contribution in [1.29, 1.82) is 0 Å². The summed E-state index contributed by atoms with van der Waals surface area (Å²) >= 11 is 0. The highest BCUT2D eigenvalue weighted by Gasteiger charge is 2.39. The van der Waals surface area contributed by atoms with Crippen LogP contribution in [0, 0.1) is 5.41 Å². The lowest BCUT2D eigenvalue weighted by atomic mass is 9.90. The molecule has 1 aromatic carbocycles. The van der Waals surface area contributed by atoms with Gasteiger partial charge in [0.1, 0.15) is 0 Å². The molecule has 0 saturated carbocycles. The van der Waals surface area contributed by atoms with E-state index in [1.165, 1.54) is 16.4 Å². The molecule has 2 heterocycles. The summed E-state index contributed by atoms with van der Waals surface area (Å²) in [4.78, 5) is 0.215. The van der Waals surface area contributed by atoms with Crippen molar-refractivity contribution < 1.29 is 16.8 Å². The third-order valence-electron chi connectivity index (χ3n) is 4.67. The Kier molecular flexibility index (Phi) is 3.63. The molecule has 0 bridgehead atoms. The molecule has 2 aliphatic rings. The zero-order valence-corrected chi connectivity index (χ0v) is 14.1. The molecule has 22 heavy (non-hydrogen) atoms. The summed E-state index contributed by atoms with van der Waals surface area (Å²) in [5, 5.41) is 0. The van der Waals surface area contributed by atoms with E-state index in [0.717, 1.165) is 0 Å². The normalized spacial score (nSPS) is 27.9. The van der Waals surface area contributed by atoms with Crippen LogP contribution in [0.25, 0.3) is 0 Å². The maximum atomic E-state index is 12.7. The topological polar surface area (TPSA) is 97.5 Å². The number of hydrogen-bond acceptors (Lipinski definition) is 5. The van der Waals surface area contributed by atoms with Crippen molar-refractivity contribution in [3.63, 3.8) is 0 Å². The van der Waals surface area contributed by atoms with E-state index >= 15 is 0 Å². The zero-order valence-electron chi connectivity index (χ0n) is 12.4. The first-order valence-corrected chi connectivity index (χ1v) is 10.3. The van der Waals surface area contributed by atoms with E-state index in [4.69, 9.17) is 5.73 Å². The maximum absolute atomic E-state index is 12.7. The summed E-state index contributed by atoms with van der Waals surface area (Å²) in [7, 11) is -7.02. The number of benzene rings is 1. The van der Waals surface area contributed by atoms with Gasteiger partial charge in [-0.3, -0.25) is 0 Å². The third-order valence-corrected chi connectivity index (χ3v) is 8.30. The van der Waals surface area contributed by atoms with Crippen molar-refractivity contribution in [3.05, 3.63) is 23.8 Å². The molecule has 122 valence electrons. The Balaban J connectivity index is 1.98. The quantitative estimate of drug-likeness (QED) is 0.855. The highest BCUT2D eigenvalue weighted by atomic mass is 32.2. The van der Waals surface area contributed by atoms with Gasteiger partial charge in [0.15, 0.2) is 9.84 Å². The lowest BCUT2D eigenvalue weighted by molar-refractivity contribution is 0.349. The van der Waals surface area contributed by atoms with E-state index in [-0.39, 0.29) is 21.0 Å². The van der Waals surface area contributed by atoms with E-state index in [9.17, 15) is 16.8 Å². The number of rotatable bonds is 3. The molecule has 2 N–H and O–H groups in total. The Morgan fingerprint density at radius 1 is 1.36 bits per heavy atom. The van der Waals surface area contributed by atoms with Crippen LogP contribution < -0.4 is 5.73 Å². The van der Waals surface area contributed by atoms with Crippen LogP contribution in [-0.2, 0) is 26.3 Å². The average Bonchev–Trinajstić information content (AvgIpc) is 3.01. The predicted octanol–water partition coefficient (Wildman–Crippen LogP) is 0.376. The summed E-state index contributed by atoms with van der Waals surface area (Å²) in [6, 6.07) is 4.43. The van der Waals surface area contributed by atoms with Gasteiger partial charge in [-0.2, -0.15) is 4.31 Å². The van der Waals surface area contributed by atoms with Crippen LogP contribution in [0.5, 0.6) is 0 Å². The molecule has 0 aromatic heterocycles. The molecule has 1 fully saturated rings. The number of nitrogens with two attached hydrogens (primary N) is 1. The van der Waals surface area contributed by atoms with Gasteiger partial charge in [-0.1, -0.05) is 13.0 Å². The largest absolute Gasteiger partial charge is 0.330 e. The molecule has 0 aliphatic carbocycles. The molecule has 2 aliphatic heterocycles. The predicted molar refractivity (Wildman–Crippen MR) is 82.7 cm³/mol. The smallest absolute Gasteiger partial charge is 0.243 e. The molecule has 0 amide bonds. The van der Waals surface area contributed by atoms with Crippen LogP contribution in [-0.4, -0.2) is 46.5 Å². The fourth-order valence-electron chi connectivity index (χ4n) is 3.04. The molecule has 3 rings (SSSR count). The summed E-state index contributed by atoms with van der Waals surface area (Å²) < 4.78 is 50.8. The average molecular weight is 344 g/mol. The Hall–Kier alpha value is -0.960. The van der Waals surface area contributed by atoms with E-state index < -0.39 is 19.9 Å². The van der Waals surface area contributed by atoms with Crippen LogP contribution in [0.3, 0.4) is 0 Å². The van der Waals surface area contributed by atoms with Crippen molar-refractivity contribution in [2.45, 2.75) is 29.6 Å². The molecule has 1 unspecified atom stereocenters. The molecule has 1 saturated heterocycles. The zero-order chi connectivity index (χ0) is 16.2. The second-order valence-electron chi connectivity index (χ2n) is 6.44. The van der Waals surface area contributed by atoms with E-state index in [1.807, 2.05) is 6.92 Å². The molecule has 1 aromatic rings. The minimum Gasteiger partial charge on any atom is -0.330 e. The first kappa shape index (κ1) is 15.9. The Morgan fingerprint density at radius 3 is 2.73 bits per heavy atom. The molecule has 1 atom stereocenters. The van der Waals surface area contributed by atoms with Gasteiger partial charge in [0.05, 0.1) is 15.5 Å². The van der Waals surface area contributed by atoms with Crippen LogP contribution >= 0.6 is 0 Å². The Morgan fingerprint density at radius 2 is 2.09 bits per heavy atom. The van der Waals surface area contributed by atoms with Crippen molar-refractivity contribution in [1.82, 2.24) is 4.31 Å². The Bertz CT molecular complexity index is 817. The van der Waals surface area contributed by atoms with Crippen molar-refractivity contribution in [3.8, 4) is 0 Å². The van der Waals surface area contributed by atoms with Crippen molar-refractivity contribution in [2.75, 3.05) is 25.4 Å². The van der Waals surface area contributed by atoms with Gasteiger partial charge in [0.25, 0.3) is 0 Å². The Labute approximate surface area is 131 Å². The number of sulfone groups is 1. The molecule has 0 radical (unpaired) electrons. The minimum absolute atomic E-state index is 0.0537. The number of aryl methyl sites for hydroxylation is 1. The van der Waals surface area contributed by atoms with E-state index in [0.29, 0.717) is 38.0 Å². The lowest BCUT2D eigenvalue weighted by Crippen LogP contribution is -2.34. The SMILES string of the molecule is CC1(CN)CCN(S(=O)(=O)c2ccc3c(c2)S(=O)(=O)CC3)C1. The third kappa shape index (κ3) is 2.47. The molecule has 0 spiro atoms. The maximum Gasteiger partial charge on any atom is 0.243 e. The fraction of sp³-hybridized carbons (Fsp3) is 0.571. The lowest BCUT2D eigenvalue weighted by Gasteiger charge is -2.22. The monoisotopic (exact) mass is 344 g/mol. The minimum atomic E-state index is -3.68. The second kappa shape index (κ2) is 5.02. The van der Waals surface area contributed by atoms with Gasteiger partial charge in [-0.25, -0.2) is 16.8 Å². The summed E-state index contributed by atoms with van der Waals surface area (Å²) in [6.07, 6.45) is 1.17. The van der Waals surface area contributed by atoms with Gasteiger partial charge in [0, 0.05) is 13.1 Å². The molecule has 8 heteroatoms. The standard InChI is InChI=1S/C14H20N2O4S2/c1-14(9-15)5-6-16(10-14)22(19,20)12-3-2-11-4-7-21(17,18)13(11)8-12/h2-3,8H,4-7,9-10,15H2,1H3. The van der Waals surface area contributed by atoms with Gasteiger partial charge < -0.3 is 5.73 Å². The molecular weight excluding hydrogens is 324 g/mol. The van der Waals surface area contributed by atoms with E-state index in [2.05, 4.69) is 0 Å². The van der Waals surface area contributed by atoms with Crippen LogP contribution in [0.4, 0.5) is 0 Å². The highest BCUT2D eigenvalue weighted by molar-refractivity contribution is 7.92. The fourth-order valence-corrected chi connectivity index (χ4v) is 6.32. The van der Waals surface area contributed by atoms with Gasteiger partial charge in [0.2, 0.25) is 10.0 Å². The van der Waals surface area contributed by atoms with E-state index in [1.54, 1.807) is 6.07 Å². The van der Waals surface area contributed by atoms with Crippen molar-refractivity contribution in [2.24, 2.45) is 11.1 Å². The first-order valence-electron chi connectivity index (χ1n) is 7.24. The van der Waals surface area contributed by atoms with Gasteiger partial charge in [-0.15, -0.1) is 0 Å².